The molecule has 18 heavy (non-hydrogen) atoms. The molecule has 0 amide bonds. The number of nitrogens with zero attached hydrogens (tertiary/aromatic N) is 2. The number of carbonyl (C=O) groups excluding carboxylic acids is 1. The Morgan fingerprint density at radius 3 is 2.89 bits per heavy atom. The first kappa shape index (κ1) is 12.0. The summed E-state index contributed by atoms with van der Waals surface area (Å²) in [7, 11) is 0. The summed E-state index contributed by atoms with van der Waals surface area (Å²) in [6, 6.07) is 5.26. The first-order valence-electron chi connectivity index (χ1n) is 5.51. The van der Waals surface area contributed by atoms with Crippen LogP contribution in [0.4, 0.5) is 0 Å². The van der Waals surface area contributed by atoms with Gasteiger partial charge in [-0.2, -0.15) is 0 Å². The molecule has 0 saturated carbocycles. The summed E-state index contributed by atoms with van der Waals surface area (Å²) >= 11 is 0. The van der Waals surface area contributed by atoms with Crippen LogP contribution in [0, 0.1) is 0 Å². The van der Waals surface area contributed by atoms with Gasteiger partial charge in [0.2, 0.25) is 0 Å². The van der Waals surface area contributed by atoms with Gasteiger partial charge in [0.05, 0.1) is 6.61 Å². The van der Waals surface area contributed by atoms with Crippen molar-refractivity contribution in [1.82, 2.24) is 10.1 Å². The molecule has 0 unspecified atom stereocenters. The van der Waals surface area contributed by atoms with E-state index in [-0.39, 0.29) is 5.69 Å². The lowest BCUT2D eigenvalue weighted by Gasteiger charge is -1.94. The number of carbonyl (C=O) groups is 1. The molecule has 0 fully saturated rings. The zero-order chi connectivity index (χ0) is 12.8. The van der Waals surface area contributed by atoms with E-state index in [1.165, 1.54) is 6.07 Å². The highest BCUT2D eigenvalue weighted by Crippen LogP contribution is 2.10. The van der Waals surface area contributed by atoms with E-state index in [2.05, 4.69) is 10.1 Å². The SMILES string of the molecule is CCOC(=O)c1cc(/C=C/c2ccncc2)on1. The summed E-state index contributed by atoms with van der Waals surface area (Å²) in [6.45, 7) is 2.05. The predicted octanol–water partition coefficient (Wildman–Crippen LogP) is 2.42. The van der Waals surface area contributed by atoms with Crippen LogP contribution in [0.3, 0.4) is 0 Å². The van der Waals surface area contributed by atoms with Gasteiger partial charge in [-0.15, -0.1) is 0 Å². The maximum Gasteiger partial charge on any atom is 0.360 e. The molecule has 0 bridgehead atoms. The third kappa shape index (κ3) is 3.04. The first-order chi connectivity index (χ1) is 8.79. The highest BCUT2D eigenvalue weighted by molar-refractivity contribution is 5.87. The van der Waals surface area contributed by atoms with Crippen LogP contribution in [-0.4, -0.2) is 22.7 Å². The van der Waals surface area contributed by atoms with Gasteiger partial charge in [-0.3, -0.25) is 4.98 Å². The number of ether oxygens (including phenoxy) is 1. The van der Waals surface area contributed by atoms with Gasteiger partial charge in [0.25, 0.3) is 0 Å². The van der Waals surface area contributed by atoms with Gasteiger partial charge >= 0.3 is 5.97 Å². The average Bonchev–Trinajstić information content (AvgIpc) is 2.87. The van der Waals surface area contributed by atoms with E-state index in [0.717, 1.165) is 5.56 Å². The van der Waals surface area contributed by atoms with Crippen molar-refractivity contribution in [2.45, 2.75) is 6.92 Å². The van der Waals surface area contributed by atoms with E-state index in [4.69, 9.17) is 9.26 Å². The second-order valence-electron chi connectivity index (χ2n) is 3.45. The molecule has 0 radical (unpaired) electrons. The smallest absolute Gasteiger partial charge is 0.360 e. The molecule has 0 atom stereocenters. The molecule has 2 aromatic rings. The Hall–Kier alpha value is -2.43. The Balaban J connectivity index is 2.07. The third-order valence-electron chi connectivity index (χ3n) is 2.16. The van der Waals surface area contributed by atoms with Crippen molar-refractivity contribution in [1.29, 1.82) is 0 Å². The van der Waals surface area contributed by atoms with E-state index >= 15 is 0 Å². The largest absolute Gasteiger partial charge is 0.461 e. The molecule has 0 aliphatic rings. The van der Waals surface area contributed by atoms with Crippen molar-refractivity contribution in [3.63, 3.8) is 0 Å². The van der Waals surface area contributed by atoms with Crippen molar-refractivity contribution in [2.75, 3.05) is 6.61 Å². The molecule has 2 heterocycles. The third-order valence-corrected chi connectivity index (χ3v) is 2.16. The van der Waals surface area contributed by atoms with Crippen LogP contribution in [0.2, 0.25) is 0 Å². The van der Waals surface area contributed by atoms with Crippen LogP contribution in [0.5, 0.6) is 0 Å². The monoisotopic (exact) mass is 244 g/mol. The van der Waals surface area contributed by atoms with Gasteiger partial charge in [0.1, 0.15) is 0 Å². The van der Waals surface area contributed by atoms with Gasteiger partial charge in [-0.05, 0) is 30.7 Å². The molecular formula is C13H12N2O3. The molecule has 5 nitrogen and oxygen atoms in total. The molecule has 92 valence electrons. The summed E-state index contributed by atoms with van der Waals surface area (Å²) in [5, 5.41) is 3.63. The topological polar surface area (TPSA) is 65.2 Å². The van der Waals surface area contributed by atoms with Crippen LogP contribution in [0.25, 0.3) is 12.2 Å². The van der Waals surface area contributed by atoms with Crippen LogP contribution in [-0.2, 0) is 4.74 Å². The number of hydrogen-bond donors (Lipinski definition) is 0. The van der Waals surface area contributed by atoms with Crippen molar-refractivity contribution < 1.29 is 14.1 Å². The molecule has 0 saturated heterocycles. The number of hydrogen-bond acceptors (Lipinski definition) is 5. The Bertz CT molecular complexity index is 546. The van der Waals surface area contributed by atoms with E-state index in [1.54, 1.807) is 25.4 Å². The Morgan fingerprint density at radius 1 is 1.39 bits per heavy atom. The minimum absolute atomic E-state index is 0.172. The molecule has 0 aliphatic heterocycles. The van der Waals surface area contributed by atoms with Crippen molar-refractivity contribution in [2.24, 2.45) is 0 Å². The highest BCUT2D eigenvalue weighted by Gasteiger charge is 2.11. The fourth-order valence-corrected chi connectivity index (χ4v) is 1.32. The van der Waals surface area contributed by atoms with Crippen LogP contribution in [0.1, 0.15) is 28.7 Å². The zero-order valence-corrected chi connectivity index (χ0v) is 9.87. The number of pyridine rings is 1. The second-order valence-corrected chi connectivity index (χ2v) is 3.45. The molecule has 0 spiro atoms. The van der Waals surface area contributed by atoms with Gasteiger partial charge in [-0.25, -0.2) is 4.79 Å². The molecule has 2 aromatic heterocycles. The number of aromatic nitrogens is 2. The van der Waals surface area contributed by atoms with Gasteiger partial charge in [-0.1, -0.05) is 11.2 Å². The van der Waals surface area contributed by atoms with Gasteiger partial charge in [0.15, 0.2) is 11.5 Å². The Labute approximate surface area is 104 Å². The lowest BCUT2D eigenvalue weighted by atomic mass is 10.2. The minimum Gasteiger partial charge on any atom is -0.461 e. The predicted molar refractivity (Wildman–Crippen MR) is 65.6 cm³/mol. The first-order valence-corrected chi connectivity index (χ1v) is 5.51. The van der Waals surface area contributed by atoms with E-state index in [0.29, 0.717) is 12.4 Å². The molecule has 5 heteroatoms. The van der Waals surface area contributed by atoms with E-state index in [1.807, 2.05) is 18.2 Å². The summed E-state index contributed by atoms with van der Waals surface area (Å²) < 4.78 is 9.81. The molecular weight excluding hydrogens is 232 g/mol. The van der Waals surface area contributed by atoms with Crippen LogP contribution >= 0.6 is 0 Å². The molecule has 0 aromatic carbocycles. The summed E-state index contributed by atoms with van der Waals surface area (Å²) in [5.41, 5.74) is 1.16. The second kappa shape index (κ2) is 5.77. The highest BCUT2D eigenvalue weighted by atomic mass is 16.5. The quantitative estimate of drug-likeness (QED) is 0.773. The van der Waals surface area contributed by atoms with E-state index in [9.17, 15) is 4.79 Å². The molecule has 0 N–H and O–H groups in total. The summed E-state index contributed by atoms with van der Waals surface area (Å²) in [6.07, 6.45) is 6.97. The number of esters is 1. The maximum atomic E-state index is 11.4. The normalized spacial score (nSPS) is 10.7. The standard InChI is InChI=1S/C13H12N2O3/c1-2-17-13(16)12-9-11(18-15-12)4-3-10-5-7-14-8-6-10/h3-9H,2H2,1H3/b4-3+. The van der Waals surface area contributed by atoms with Crippen LogP contribution in [0.15, 0.2) is 35.1 Å². The molecule has 2 rings (SSSR count). The van der Waals surface area contributed by atoms with E-state index < -0.39 is 5.97 Å². The van der Waals surface area contributed by atoms with Gasteiger partial charge in [0, 0.05) is 18.5 Å². The van der Waals surface area contributed by atoms with Crippen LogP contribution < -0.4 is 0 Å². The summed E-state index contributed by atoms with van der Waals surface area (Å²) in [4.78, 5) is 15.3. The minimum atomic E-state index is -0.482. The lowest BCUT2D eigenvalue weighted by molar-refractivity contribution is 0.0514. The van der Waals surface area contributed by atoms with Crippen molar-refractivity contribution >= 4 is 18.1 Å². The average molecular weight is 244 g/mol. The van der Waals surface area contributed by atoms with Crippen molar-refractivity contribution in [3.8, 4) is 0 Å². The fourth-order valence-electron chi connectivity index (χ4n) is 1.32. The van der Waals surface area contributed by atoms with Crippen molar-refractivity contribution in [3.05, 3.63) is 47.6 Å². The molecule has 0 aliphatic carbocycles. The lowest BCUT2D eigenvalue weighted by Crippen LogP contribution is -2.04. The maximum absolute atomic E-state index is 11.4. The fraction of sp³-hybridized carbons (Fsp3) is 0.154. The summed E-state index contributed by atoms with van der Waals surface area (Å²) in [5.74, 6) is 0.0136. The Morgan fingerprint density at radius 2 is 2.17 bits per heavy atom. The van der Waals surface area contributed by atoms with Gasteiger partial charge < -0.3 is 9.26 Å². The number of rotatable bonds is 4. The Kier molecular flexibility index (Phi) is 3.86. The zero-order valence-electron chi connectivity index (χ0n) is 9.87.